The van der Waals surface area contributed by atoms with Gasteiger partial charge in [-0.05, 0) is 26.3 Å². The maximum atomic E-state index is 12.4. The average Bonchev–Trinajstić information content (AvgIpc) is 3.05. The van der Waals surface area contributed by atoms with Crippen LogP contribution in [-0.4, -0.2) is 91.0 Å². The monoisotopic (exact) mass is 474 g/mol. The van der Waals surface area contributed by atoms with E-state index >= 15 is 0 Å². The number of nitrogens with zero attached hydrogens (tertiary/aromatic N) is 1. The standard InChI is InChI=1S/C17H24N2O6S.C2H2O4/c1-4-24-16(21)13-11(3)14(17(22)25-5-2)26-15(13)18-12(20)10-19-6-8-23-9-7-19;3-1(4)2(5)6/h4-10H2,1-3H3,(H,18,20);(H,3,4)(H,5,6). The summed E-state index contributed by atoms with van der Waals surface area (Å²) < 4.78 is 15.4. The minimum absolute atomic E-state index is 0.192. The molecule has 1 fully saturated rings. The van der Waals surface area contributed by atoms with Gasteiger partial charge >= 0.3 is 23.9 Å². The van der Waals surface area contributed by atoms with E-state index in [1.807, 2.05) is 4.90 Å². The minimum atomic E-state index is -1.82. The summed E-state index contributed by atoms with van der Waals surface area (Å²) in [6.07, 6.45) is 0. The number of hydrogen-bond acceptors (Lipinski definition) is 10. The van der Waals surface area contributed by atoms with E-state index in [9.17, 15) is 14.4 Å². The zero-order chi connectivity index (χ0) is 24.3. The molecule has 1 amide bonds. The molecule has 32 heavy (non-hydrogen) atoms. The largest absolute Gasteiger partial charge is 0.473 e. The summed E-state index contributed by atoms with van der Waals surface area (Å²) in [5.74, 6) is -4.99. The first-order valence-electron chi connectivity index (χ1n) is 9.66. The fourth-order valence-corrected chi connectivity index (χ4v) is 3.68. The van der Waals surface area contributed by atoms with E-state index in [0.29, 0.717) is 36.9 Å². The van der Waals surface area contributed by atoms with E-state index < -0.39 is 23.9 Å². The summed E-state index contributed by atoms with van der Waals surface area (Å²) >= 11 is 1.03. The Balaban J connectivity index is 0.000000751. The normalized spacial score (nSPS) is 13.3. The van der Waals surface area contributed by atoms with E-state index in [2.05, 4.69) is 5.32 Å². The van der Waals surface area contributed by atoms with E-state index in [0.717, 1.165) is 11.3 Å². The van der Waals surface area contributed by atoms with Crippen LogP contribution in [0.1, 0.15) is 39.4 Å². The maximum Gasteiger partial charge on any atom is 0.414 e. The first-order valence-corrected chi connectivity index (χ1v) is 10.5. The molecule has 0 aliphatic carbocycles. The number of anilines is 1. The topological polar surface area (TPSA) is 169 Å². The molecular formula is C19H26N2O10S. The Kier molecular flexibility index (Phi) is 11.3. The van der Waals surface area contributed by atoms with Crippen LogP contribution in [0.15, 0.2) is 0 Å². The van der Waals surface area contributed by atoms with Crippen LogP contribution in [0.4, 0.5) is 5.00 Å². The van der Waals surface area contributed by atoms with E-state index in [1.54, 1.807) is 20.8 Å². The lowest BCUT2D eigenvalue weighted by molar-refractivity contribution is -0.159. The lowest BCUT2D eigenvalue weighted by atomic mass is 10.1. The van der Waals surface area contributed by atoms with Crippen LogP contribution in [0.25, 0.3) is 0 Å². The number of esters is 2. The summed E-state index contributed by atoms with van der Waals surface area (Å²) in [7, 11) is 0. The van der Waals surface area contributed by atoms with Gasteiger partial charge in [-0.25, -0.2) is 19.2 Å². The lowest BCUT2D eigenvalue weighted by Crippen LogP contribution is -2.41. The first kappa shape index (κ1) is 27.0. The van der Waals surface area contributed by atoms with Gasteiger partial charge in [-0.2, -0.15) is 0 Å². The summed E-state index contributed by atoms with van der Waals surface area (Å²) in [4.78, 5) is 57.3. The second-order valence-corrected chi connectivity index (χ2v) is 7.27. The molecule has 1 aliphatic heterocycles. The highest BCUT2D eigenvalue weighted by Crippen LogP contribution is 2.34. The molecule has 0 spiro atoms. The summed E-state index contributed by atoms with van der Waals surface area (Å²) in [6.45, 7) is 8.20. The maximum absolute atomic E-state index is 12.4. The van der Waals surface area contributed by atoms with Gasteiger partial charge < -0.3 is 29.7 Å². The molecule has 178 valence electrons. The van der Waals surface area contributed by atoms with Crippen molar-refractivity contribution in [2.75, 3.05) is 51.4 Å². The molecule has 1 saturated heterocycles. The van der Waals surface area contributed by atoms with Crippen molar-refractivity contribution < 1.29 is 48.4 Å². The summed E-state index contributed by atoms with van der Waals surface area (Å²) in [5.41, 5.74) is 0.656. The quantitative estimate of drug-likeness (QED) is 0.378. The molecule has 0 radical (unpaired) electrons. The highest BCUT2D eigenvalue weighted by atomic mass is 32.1. The fraction of sp³-hybridized carbons (Fsp3) is 0.526. The van der Waals surface area contributed by atoms with E-state index in [4.69, 9.17) is 34.0 Å². The molecule has 0 bridgehead atoms. The van der Waals surface area contributed by atoms with Crippen LogP contribution in [0.3, 0.4) is 0 Å². The van der Waals surface area contributed by atoms with Crippen LogP contribution >= 0.6 is 11.3 Å². The van der Waals surface area contributed by atoms with Gasteiger partial charge in [0.25, 0.3) is 0 Å². The Labute approximate surface area is 188 Å². The van der Waals surface area contributed by atoms with Gasteiger partial charge in [-0.15, -0.1) is 11.3 Å². The fourth-order valence-electron chi connectivity index (χ4n) is 2.57. The van der Waals surface area contributed by atoms with Crippen molar-refractivity contribution in [1.82, 2.24) is 4.90 Å². The van der Waals surface area contributed by atoms with E-state index in [1.165, 1.54) is 0 Å². The Morgan fingerprint density at radius 1 is 1.00 bits per heavy atom. The van der Waals surface area contributed by atoms with Gasteiger partial charge in [-0.3, -0.25) is 9.69 Å². The Morgan fingerprint density at radius 3 is 2.03 bits per heavy atom. The molecule has 13 heteroatoms. The molecule has 1 aromatic rings. The zero-order valence-corrected chi connectivity index (χ0v) is 18.8. The predicted molar refractivity (Wildman–Crippen MR) is 112 cm³/mol. The van der Waals surface area contributed by atoms with Crippen molar-refractivity contribution in [1.29, 1.82) is 0 Å². The molecule has 3 N–H and O–H groups in total. The van der Waals surface area contributed by atoms with Crippen LogP contribution in [0.2, 0.25) is 0 Å². The third kappa shape index (κ3) is 8.24. The highest BCUT2D eigenvalue weighted by molar-refractivity contribution is 7.18. The molecule has 2 rings (SSSR count). The number of amides is 1. The van der Waals surface area contributed by atoms with Crippen molar-refractivity contribution in [3.63, 3.8) is 0 Å². The lowest BCUT2D eigenvalue weighted by Gasteiger charge is -2.25. The van der Waals surface area contributed by atoms with Gasteiger partial charge in [0.05, 0.1) is 38.5 Å². The van der Waals surface area contributed by atoms with Crippen molar-refractivity contribution in [2.45, 2.75) is 20.8 Å². The molecule has 0 saturated carbocycles. The Hall–Kier alpha value is -3.03. The smallest absolute Gasteiger partial charge is 0.414 e. The van der Waals surface area contributed by atoms with Gasteiger partial charge in [0, 0.05) is 13.1 Å². The van der Waals surface area contributed by atoms with Gasteiger partial charge in [0.15, 0.2) is 0 Å². The van der Waals surface area contributed by atoms with Crippen molar-refractivity contribution in [3.05, 3.63) is 16.0 Å². The Morgan fingerprint density at radius 2 is 1.53 bits per heavy atom. The van der Waals surface area contributed by atoms with Crippen LogP contribution in [0, 0.1) is 6.92 Å². The summed E-state index contributed by atoms with van der Waals surface area (Å²) in [5, 5.41) is 17.8. The molecule has 2 heterocycles. The summed E-state index contributed by atoms with van der Waals surface area (Å²) in [6, 6.07) is 0. The SMILES string of the molecule is CCOC(=O)c1sc(NC(=O)CN2CCOCC2)c(C(=O)OCC)c1C.O=C(O)C(=O)O. The molecule has 1 aromatic heterocycles. The number of ether oxygens (including phenoxy) is 3. The molecular weight excluding hydrogens is 448 g/mol. The molecule has 0 unspecified atom stereocenters. The number of thiophene rings is 1. The molecule has 0 aromatic carbocycles. The highest BCUT2D eigenvalue weighted by Gasteiger charge is 2.27. The van der Waals surface area contributed by atoms with Gasteiger partial charge in [0.1, 0.15) is 9.88 Å². The number of carboxylic acid groups (broad SMARTS) is 2. The van der Waals surface area contributed by atoms with Crippen LogP contribution < -0.4 is 5.32 Å². The third-order valence-corrected chi connectivity index (χ3v) is 5.18. The number of carbonyl (C=O) groups excluding carboxylic acids is 3. The molecule has 1 aliphatic rings. The zero-order valence-electron chi connectivity index (χ0n) is 18.0. The number of morpholine rings is 1. The second kappa shape index (κ2) is 13.4. The van der Waals surface area contributed by atoms with Crippen LogP contribution in [0.5, 0.6) is 0 Å². The first-order chi connectivity index (χ1) is 15.1. The number of hydrogen-bond donors (Lipinski definition) is 3. The minimum Gasteiger partial charge on any atom is -0.473 e. The third-order valence-electron chi connectivity index (χ3n) is 3.99. The van der Waals surface area contributed by atoms with Gasteiger partial charge in [-0.1, -0.05) is 0 Å². The van der Waals surface area contributed by atoms with Gasteiger partial charge in [0.2, 0.25) is 5.91 Å². The van der Waals surface area contributed by atoms with Crippen molar-refractivity contribution in [2.24, 2.45) is 0 Å². The van der Waals surface area contributed by atoms with Crippen LogP contribution in [-0.2, 0) is 28.6 Å². The molecule has 0 atom stereocenters. The van der Waals surface area contributed by atoms with Crippen molar-refractivity contribution in [3.8, 4) is 0 Å². The Bertz CT molecular complexity index is 833. The average molecular weight is 474 g/mol. The number of carbonyl (C=O) groups is 5. The number of nitrogens with one attached hydrogen (secondary N) is 1. The number of carboxylic acids is 2. The predicted octanol–water partition coefficient (Wildman–Crippen LogP) is 0.836. The molecule has 12 nitrogen and oxygen atoms in total. The number of rotatable bonds is 7. The number of aliphatic carboxylic acids is 2. The van der Waals surface area contributed by atoms with E-state index in [-0.39, 0.29) is 36.1 Å². The second-order valence-electron chi connectivity index (χ2n) is 6.25. The van der Waals surface area contributed by atoms with Crippen molar-refractivity contribution >= 4 is 46.1 Å².